The normalized spacial score (nSPS) is 18.0. The molecule has 0 heterocycles. The molecule has 1 unspecified atom stereocenters. The van der Waals surface area contributed by atoms with Crippen molar-refractivity contribution in [3.05, 3.63) is 0 Å². The molecule has 106 valence electrons. The molecule has 0 aromatic rings. The maximum Gasteiger partial charge on any atom is 0.407 e. The number of amides is 1. The van der Waals surface area contributed by atoms with E-state index in [0.717, 1.165) is 12.8 Å². The van der Waals surface area contributed by atoms with E-state index in [4.69, 9.17) is 4.74 Å². The van der Waals surface area contributed by atoms with Gasteiger partial charge in [-0.15, -0.1) is 0 Å². The van der Waals surface area contributed by atoms with Crippen LogP contribution >= 0.6 is 0 Å². The molecule has 0 spiro atoms. The Balaban J connectivity index is 2.25. The molecule has 4 nitrogen and oxygen atoms in total. The van der Waals surface area contributed by atoms with Gasteiger partial charge in [-0.25, -0.2) is 4.79 Å². The lowest BCUT2D eigenvalue weighted by Crippen LogP contribution is -2.48. The van der Waals surface area contributed by atoms with E-state index >= 15 is 0 Å². The molecule has 0 aromatic heterocycles. The summed E-state index contributed by atoms with van der Waals surface area (Å²) in [5.41, 5.74) is -0.425. The summed E-state index contributed by atoms with van der Waals surface area (Å²) in [4.78, 5) is 11.6. The molecule has 1 fully saturated rings. The minimum Gasteiger partial charge on any atom is -0.444 e. The zero-order valence-electron chi connectivity index (χ0n) is 12.2. The third-order valence-corrected chi connectivity index (χ3v) is 3.11. The summed E-state index contributed by atoms with van der Waals surface area (Å²) < 4.78 is 5.23. The van der Waals surface area contributed by atoms with Gasteiger partial charge in [-0.2, -0.15) is 0 Å². The zero-order valence-corrected chi connectivity index (χ0v) is 12.2. The Morgan fingerprint density at radius 1 is 1.39 bits per heavy atom. The number of rotatable bonds is 6. The van der Waals surface area contributed by atoms with E-state index in [-0.39, 0.29) is 6.09 Å². The molecule has 4 heteroatoms. The van der Waals surface area contributed by atoms with Crippen LogP contribution in [-0.2, 0) is 4.74 Å². The van der Waals surface area contributed by atoms with Crippen LogP contribution in [0.2, 0.25) is 0 Å². The predicted octanol–water partition coefficient (Wildman–Crippen LogP) is 2.82. The van der Waals surface area contributed by atoms with Crippen LogP contribution in [0.4, 0.5) is 4.79 Å². The summed E-state index contributed by atoms with van der Waals surface area (Å²) in [7, 11) is 0. The highest BCUT2D eigenvalue weighted by Crippen LogP contribution is 2.19. The molecule has 1 saturated carbocycles. The molecule has 1 aliphatic carbocycles. The lowest BCUT2D eigenvalue weighted by atomic mass is 9.92. The average Bonchev–Trinajstić information content (AvgIpc) is 2.17. The SMILES string of the molecule is CCCC(CNC(=O)OC(C)(C)C)NC1CCC1. The zero-order chi connectivity index (χ0) is 13.6. The van der Waals surface area contributed by atoms with Crippen molar-refractivity contribution in [1.29, 1.82) is 0 Å². The molecule has 0 bridgehead atoms. The van der Waals surface area contributed by atoms with Crippen molar-refractivity contribution >= 4 is 6.09 Å². The lowest BCUT2D eigenvalue weighted by molar-refractivity contribution is 0.0520. The number of carbonyl (C=O) groups excluding carboxylic acids is 1. The Hall–Kier alpha value is -0.770. The molecule has 18 heavy (non-hydrogen) atoms. The van der Waals surface area contributed by atoms with Crippen molar-refractivity contribution in [1.82, 2.24) is 10.6 Å². The number of hydrogen-bond acceptors (Lipinski definition) is 3. The summed E-state index contributed by atoms with van der Waals surface area (Å²) >= 11 is 0. The first kappa shape index (κ1) is 15.3. The quantitative estimate of drug-likeness (QED) is 0.768. The Morgan fingerprint density at radius 3 is 2.50 bits per heavy atom. The van der Waals surface area contributed by atoms with Crippen LogP contribution in [0.3, 0.4) is 0 Å². The molecule has 0 aromatic carbocycles. The van der Waals surface area contributed by atoms with E-state index in [1.165, 1.54) is 19.3 Å². The second-order valence-corrected chi connectivity index (χ2v) is 6.16. The van der Waals surface area contributed by atoms with Crippen LogP contribution in [0.15, 0.2) is 0 Å². The smallest absolute Gasteiger partial charge is 0.407 e. The molecular weight excluding hydrogens is 228 g/mol. The van der Waals surface area contributed by atoms with Gasteiger partial charge in [0.25, 0.3) is 0 Å². The Bertz CT molecular complexity index is 257. The van der Waals surface area contributed by atoms with Crippen molar-refractivity contribution in [2.45, 2.75) is 77.5 Å². The van der Waals surface area contributed by atoms with Gasteiger partial charge in [0.2, 0.25) is 0 Å². The van der Waals surface area contributed by atoms with E-state index in [1.807, 2.05) is 20.8 Å². The maximum absolute atomic E-state index is 11.6. The van der Waals surface area contributed by atoms with Gasteiger partial charge in [0.05, 0.1) is 0 Å². The molecular formula is C14H28N2O2. The van der Waals surface area contributed by atoms with Gasteiger partial charge >= 0.3 is 6.09 Å². The van der Waals surface area contributed by atoms with E-state index in [9.17, 15) is 4.79 Å². The lowest BCUT2D eigenvalue weighted by Gasteiger charge is -2.31. The summed E-state index contributed by atoms with van der Waals surface area (Å²) in [5.74, 6) is 0. The fourth-order valence-corrected chi connectivity index (χ4v) is 2.02. The highest BCUT2D eigenvalue weighted by molar-refractivity contribution is 5.67. The molecule has 1 atom stereocenters. The van der Waals surface area contributed by atoms with Crippen molar-refractivity contribution < 1.29 is 9.53 Å². The van der Waals surface area contributed by atoms with Gasteiger partial charge in [0.15, 0.2) is 0 Å². The van der Waals surface area contributed by atoms with Gasteiger partial charge < -0.3 is 15.4 Å². The molecule has 0 radical (unpaired) electrons. The molecule has 0 aliphatic heterocycles. The summed E-state index contributed by atoms with van der Waals surface area (Å²) in [5, 5.41) is 6.46. The second kappa shape index (κ2) is 6.98. The first-order chi connectivity index (χ1) is 8.40. The Labute approximate surface area is 111 Å². The van der Waals surface area contributed by atoms with E-state index < -0.39 is 5.60 Å². The van der Waals surface area contributed by atoms with Gasteiger partial charge in [-0.1, -0.05) is 19.8 Å². The largest absolute Gasteiger partial charge is 0.444 e. The van der Waals surface area contributed by atoms with Gasteiger partial charge in [0, 0.05) is 18.6 Å². The Kier molecular flexibility index (Phi) is 5.93. The number of carbonyl (C=O) groups is 1. The van der Waals surface area contributed by atoms with E-state index in [2.05, 4.69) is 17.6 Å². The first-order valence-corrected chi connectivity index (χ1v) is 7.13. The van der Waals surface area contributed by atoms with Crippen LogP contribution in [0.25, 0.3) is 0 Å². The molecule has 1 aliphatic rings. The average molecular weight is 256 g/mol. The summed E-state index contributed by atoms with van der Waals surface area (Å²) in [6, 6.07) is 1.02. The third-order valence-electron chi connectivity index (χ3n) is 3.11. The van der Waals surface area contributed by atoms with E-state index in [0.29, 0.717) is 18.6 Å². The minimum atomic E-state index is -0.425. The van der Waals surface area contributed by atoms with Gasteiger partial charge in [-0.05, 0) is 40.0 Å². The van der Waals surface area contributed by atoms with Crippen molar-refractivity contribution in [2.24, 2.45) is 0 Å². The van der Waals surface area contributed by atoms with Crippen molar-refractivity contribution in [3.63, 3.8) is 0 Å². The first-order valence-electron chi connectivity index (χ1n) is 7.13. The van der Waals surface area contributed by atoms with Gasteiger partial charge in [-0.3, -0.25) is 0 Å². The fourth-order valence-electron chi connectivity index (χ4n) is 2.02. The van der Waals surface area contributed by atoms with Crippen LogP contribution in [-0.4, -0.2) is 30.3 Å². The number of alkyl carbamates (subject to hydrolysis) is 1. The molecule has 0 saturated heterocycles. The fraction of sp³-hybridized carbons (Fsp3) is 0.929. The summed E-state index contributed by atoms with van der Waals surface area (Å²) in [6.07, 6.45) is 5.76. The number of ether oxygens (including phenoxy) is 1. The topological polar surface area (TPSA) is 50.4 Å². The highest BCUT2D eigenvalue weighted by Gasteiger charge is 2.22. The maximum atomic E-state index is 11.6. The van der Waals surface area contributed by atoms with Crippen molar-refractivity contribution in [2.75, 3.05) is 6.54 Å². The highest BCUT2D eigenvalue weighted by atomic mass is 16.6. The predicted molar refractivity (Wildman–Crippen MR) is 73.7 cm³/mol. The minimum absolute atomic E-state index is 0.320. The van der Waals surface area contributed by atoms with Gasteiger partial charge in [0.1, 0.15) is 5.60 Å². The molecule has 1 rings (SSSR count). The Morgan fingerprint density at radius 2 is 2.06 bits per heavy atom. The number of nitrogens with one attached hydrogen (secondary N) is 2. The van der Waals surface area contributed by atoms with Crippen molar-refractivity contribution in [3.8, 4) is 0 Å². The molecule has 2 N–H and O–H groups in total. The summed E-state index contributed by atoms with van der Waals surface area (Å²) in [6.45, 7) is 8.45. The van der Waals surface area contributed by atoms with Crippen LogP contribution in [0.1, 0.15) is 59.8 Å². The standard InChI is InChI=1S/C14H28N2O2/c1-5-7-12(16-11-8-6-9-11)10-15-13(17)18-14(2,3)4/h11-12,16H,5-10H2,1-4H3,(H,15,17). The third kappa shape index (κ3) is 6.24. The van der Waals surface area contributed by atoms with Crippen LogP contribution in [0, 0.1) is 0 Å². The van der Waals surface area contributed by atoms with Crippen LogP contribution < -0.4 is 10.6 Å². The number of hydrogen-bond donors (Lipinski definition) is 2. The van der Waals surface area contributed by atoms with Crippen LogP contribution in [0.5, 0.6) is 0 Å². The molecule has 1 amide bonds. The monoisotopic (exact) mass is 256 g/mol. The second-order valence-electron chi connectivity index (χ2n) is 6.16. The van der Waals surface area contributed by atoms with E-state index in [1.54, 1.807) is 0 Å².